The summed E-state index contributed by atoms with van der Waals surface area (Å²) in [5, 5.41) is 0. The Labute approximate surface area is 107 Å². The molecule has 0 saturated carbocycles. The van der Waals surface area contributed by atoms with Gasteiger partial charge in [-0.15, -0.1) is 12.6 Å². The van der Waals surface area contributed by atoms with Crippen molar-refractivity contribution in [2.75, 3.05) is 0 Å². The maximum atomic E-state index is 4.26. The van der Waals surface area contributed by atoms with E-state index >= 15 is 0 Å². The zero-order valence-corrected chi connectivity index (χ0v) is 12.0. The first-order valence-electron chi connectivity index (χ1n) is 5.86. The van der Waals surface area contributed by atoms with Crippen LogP contribution in [-0.4, -0.2) is 0 Å². The zero-order valence-electron chi connectivity index (χ0n) is 11.1. The largest absolute Gasteiger partial charge is 0.143 e. The van der Waals surface area contributed by atoms with Crippen LogP contribution in [0.5, 0.6) is 0 Å². The van der Waals surface area contributed by atoms with Crippen LogP contribution in [0.4, 0.5) is 0 Å². The van der Waals surface area contributed by atoms with Crippen molar-refractivity contribution < 1.29 is 0 Å². The molecule has 0 bridgehead atoms. The highest BCUT2D eigenvalue weighted by Gasteiger charge is 1.94. The van der Waals surface area contributed by atoms with Crippen LogP contribution in [0.15, 0.2) is 35.7 Å². The molecule has 0 amide bonds. The molecule has 1 heteroatoms. The van der Waals surface area contributed by atoms with E-state index in [2.05, 4.69) is 25.3 Å². The average molecular weight is 236 g/mol. The molecule has 0 atom stereocenters. The van der Waals surface area contributed by atoms with E-state index in [0.717, 1.165) is 10.5 Å². The molecule has 16 heavy (non-hydrogen) atoms. The molecule has 0 aliphatic rings. The summed E-state index contributed by atoms with van der Waals surface area (Å²) >= 11 is 4.26. The van der Waals surface area contributed by atoms with Crippen molar-refractivity contribution in [2.45, 2.75) is 39.5 Å². The minimum absolute atomic E-state index is 0.980. The third kappa shape index (κ3) is 6.52. The molecular formula is C15H24S. The van der Waals surface area contributed by atoms with E-state index in [1.54, 1.807) is 0 Å². The number of hydrogen-bond donors (Lipinski definition) is 1. The number of thiol groups is 1. The van der Waals surface area contributed by atoms with Gasteiger partial charge in [-0.05, 0) is 30.2 Å². The van der Waals surface area contributed by atoms with Gasteiger partial charge in [-0.2, -0.15) is 0 Å². The first-order valence-corrected chi connectivity index (χ1v) is 6.31. The van der Waals surface area contributed by atoms with Crippen LogP contribution in [0.25, 0.3) is 12.2 Å². The lowest BCUT2D eigenvalue weighted by Gasteiger charge is -2.00. The van der Waals surface area contributed by atoms with Gasteiger partial charge in [0.25, 0.3) is 0 Å². The van der Waals surface area contributed by atoms with Crippen molar-refractivity contribution in [3.8, 4) is 0 Å². The van der Waals surface area contributed by atoms with Crippen LogP contribution in [0, 0.1) is 0 Å². The van der Waals surface area contributed by atoms with E-state index < -0.39 is 0 Å². The summed E-state index contributed by atoms with van der Waals surface area (Å²) in [6.07, 6.45) is 5.91. The van der Waals surface area contributed by atoms with Crippen molar-refractivity contribution in [3.05, 3.63) is 42.0 Å². The molecule has 0 radical (unpaired) electrons. The molecule has 90 valence electrons. The van der Waals surface area contributed by atoms with E-state index in [1.165, 1.54) is 5.56 Å². The number of hydrogen-bond acceptors (Lipinski definition) is 1. The first kappa shape index (κ1) is 17.4. The van der Waals surface area contributed by atoms with Gasteiger partial charge in [-0.1, -0.05) is 58.6 Å². The molecule has 1 aromatic carbocycles. The highest BCUT2D eigenvalue weighted by molar-refractivity contribution is 7.80. The van der Waals surface area contributed by atoms with Crippen LogP contribution in [0.2, 0.25) is 0 Å². The standard InChI is InChI=1S/C11H12S.2C2H6/c1-3-5-10-8-11(12)7-6-9(10)4-2;2*1-2/h3-8,12H,2H2,1H3;2*1-2H3/b5-3-;;. The SMILES string of the molecule is C=Cc1ccc(S)cc1/C=C\C.CC.CC. The molecule has 0 nitrogen and oxygen atoms in total. The highest BCUT2D eigenvalue weighted by Crippen LogP contribution is 2.17. The molecule has 1 rings (SSSR count). The van der Waals surface area contributed by atoms with Gasteiger partial charge < -0.3 is 0 Å². The second-order valence-electron chi connectivity index (χ2n) is 2.52. The molecule has 0 N–H and O–H groups in total. The second kappa shape index (κ2) is 12.1. The lowest BCUT2D eigenvalue weighted by Crippen LogP contribution is -1.79. The maximum Gasteiger partial charge on any atom is 0.00463 e. The molecule has 0 spiro atoms. The van der Waals surface area contributed by atoms with Crippen molar-refractivity contribution >= 4 is 24.8 Å². The Morgan fingerprint density at radius 2 is 1.62 bits per heavy atom. The lowest BCUT2D eigenvalue weighted by atomic mass is 10.1. The fourth-order valence-corrected chi connectivity index (χ4v) is 1.29. The van der Waals surface area contributed by atoms with Gasteiger partial charge in [0.2, 0.25) is 0 Å². The summed E-state index contributed by atoms with van der Waals surface area (Å²) in [6.45, 7) is 13.7. The van der Waals surface area contributed by atoms with E-state index in [-0.39, 0.29) is 0 Å². The summed E-state index contributed by atoms with van der Waals surface area (Å²) < 4.78 is 0. The summed E-state index contributed by atoms with van der Waals surface area (Å²) in [5.74, 6) is 0. The van der Waals surface area contributed by atoms with Crippen LogP contribution >= 0.6 is 12.6 Å². The zero-order chi connectivity index (χ0) is 13.0. The highest BCUT2D eigenvalue weighted by atomic mass is 32.1. The van der Waals surface area contributed by atoms with Gasteiger partial charge in [0, 0.05) is 4.90 Å². The van der Waals surface area contributed by atoms with Crippen molar-refractivity contribution in [1.29, 1.82) is 0 Å². The Balaban J connectivity index is 0. The van der Waals surface area contributed by atoms with Crippen LogP contribution < -0.4 is 0 Å². The van der Waals surface area contributed by atoms with E-state index in [1.807, 2.05) is 65.0 Å². The molecule has 0 heterocycles. The smallest absolute Gasteiger partial charge is 0.00463 e. The maximum absolute atomic E-state index is 4.26. The quantitative estimate of drug-likeness (QED) is 0.625. The summed E-state index contributed by atoms with van der Waals surface area (Å²) in [4.78, 5) is 0.980. The first-order chi connectivity index (χ1) is 7.77. The Morgan fingerprint density at radius 3 is 2.06 bits per heavy atom. The van der Waals surface area contributed by atoms with E-state index in [9.17, 15) is 0 Å². The number of rotatable bonds is 2. The van der Waals surface area contributed by atoms with Crippen molar-refractivity contribution in [1.82, 2.24) is 0 Å². The Bertz CT molecular complexity index is 311. The monoisotopic (exact) mass is 236 g/mol. The van der Waals surface area contributed by atoms with Crippen molar-refractivity contribution in [3.63, 3.8) is 0 Å². The number of benzene rings is 1. The lowest BCUT2D eigenvalue weighted by molar-refractivity contribution is 1.44. The Hall–Kier alpha value is -0.950. The predicted molar refractivity (Wildman–Crippen MR) is 81.2 cm³/mol. The summed E-state index contributed by atoms with van der Waals surface area (Å²) in [7, 11) is 0. The predicted octanol–water partition coefficient (Wildman–Crippen LogP) is 5.70. The second-order valence-corrected chi connectivity index (χ2v) is 3.03. The minimum atomic E-state index is 0.980. The third-order valence-corrected chi connectivity index (χ3v) is 1.91. The molecule has 0 saturated heterocycles. The van der Waals surface area contributed by atoms with Crippen molar-refractivity contribution in [2.24, 2.45) is 0 Å². The fraction of sp³-hybridized carbons (Fsp3) is 0.333. The molecule has 0 aromatic heterocycles. The fourth-order valence-electron chi connectivity index (χ4n) is 1.07. The van der Waals surface area contributed by atoms with Crippen LogP contribution in [0.3, 0.4) is 0 Å². The molecule has 1 aromatic rings. The van der Waals surface area contributed by atoms with Gasteiger partial charge in [0.15, 0.2) is 0 Å². The van der Waals surface area contributed by atoms with Gasteiger partial charge in [-0.25, -0.2) is 0 Å². The topological polar surface area (TPSA) is 0 Å². The van der Waals surface area contributed by atoms with E-state index in [4.69, 9.17) is 0 Å². The van der Waals surface area contributed by atoms with Gasteiger partial charge >= 0.3 is 0 Å². The summed E-state index contributed by atoms with van der Waals surface area (Å²) in [5.41, 5.74) is 2.31. The molecule has 0 aliphatic heterocycles. The average Bonchev–Trinajstić information content (AvgIpc) is 2.35. The molecule has 0 fully saturated rings. The Morgan fingerprint density at radius 1 is 1.06 bits per heavy atom. The molecular weight excluding hydrogens is 212 g/mol. The molecule has 0 aliphatic carbocycles. The Kier molecular flexibility index (Phi) is 13.2. The minimum Gasteiger partial charge on any atom is -0.143 e. The number of allylic oxidation sites excluding steroid dienone is 1. The van der Waals surface area contributed by atoms with E-state index in [0.29, 0.717) is 0 Å². The van der Waals surface area contributed by atoms with Gasteiger partial charge in [0.1, 0.15) is 0 Å². The van der Waals surface area contributed by atoms with Crippen LogP contribution in [-0.2, 0) is 0 Å². The third-order valence-electron chi connectivity index (χ3n) is 1.64. The summed E-state index contributed by atoms with van der Waals surface area (Å²) in [6, 6.07) is 6.01. The molecule has 0 unspecified atom stereocenters. The normalized spacial score (nSPS) is 8.62. The van der Waals surface area contributed by atoms with Crippen LogP contribution in [0.1, 0.15) is 45.7 Å². The van der Waals surface area contributed by atoms with Gasteiger partial charge in [0.05, 0.1) is 0 Å². The van der Waals surface area contributed by atoms with Gasteiger partial charge in [-0.3, -0.25) is 0 Å².